The van der Waals surface area contributed by atoms with Crippen molar-refractivity contribution in [2.75, 3.05) is 0 Å². The van der Waals surface area contributed by atoms with Crippen LogP contribution in [0.2, 0.25) is 0 Å². The minimum Gasteiger partial charge on any atom is -0.408 e. The topological polar surface area (TPSA) is 95.3 Å². The number of carbonyl (C=O) groups is 1. The van der Waals surface area contributed by atoms with Crippen LogP contribution in [0.4, 0.5) is 0 Å². The van der Waals surface area contributed by atoms with Crippen molar-refractivity contribution in [2.24, 2.45) is 0 Å². The molecule has 0 spiro atoms. The maximum absolute atomic E-state index is 11.5. The van der Waals surface area contributed by atoms with Gasteiger partial charge in [-0.1, -0.05) is 6.07 Å². The van der Waals surface area contributed by atoms with Crippen molar-refractivity contribution in [3.05, 3.63) is 34.3 Å². The Morgan fingerprint density at radius 3 is 2.89 bits per heavy atom. The van der Waals surface area contributed by atoms with E-state index in [1.807, 2.05) is 0 Å². The number of H-pyrrole nitrogens is 1. The predicted octanol–water partition coefficient (Wildman–Crippen LogP) is 0.508. The Morgan fingerprint density at radius 1 is 1.50 bits per heavy atom. The molecule has 0 bridgehead atoms. The van der Waals surface area contributed by atoms with E-state index in [2.05, 4.69) is 10.3 Å². The van der Waals surface area contributed by atoms with Gasteiger partial charge in [0.05, 0.1) is 5.52 Å². The fourth-order valence-corrected chi connectivity index (χ4v) is 1.51. The molecule has 2 rings (SSSR count). The van der Waals surface area contributed by atoms with Gasteiger partial charge >= 0.3 is 5.76 Å². The number of benzene rings is 1. The molecule has 3 N–H and O–H groups in total. The average molecular weight is 250 g/mol. The fourth-order valence-electron chi connectivity index (χ4n) is 1.51. The average Bonchev–Trinajstić information content (AvgIpc) is 2.63. The number of aromatic nitrogens is 1. The highest BCUT2D eigenvalue weighted by Crippen LogP contribution is 2.12. The number of hydrogen-bond acceptors (Lipinski definition) is 4. The van der Waals surface area contributed by atoms with E-state index >= 15 is 0 Å². The molecule has 0 aliphatic heterocycles. The predicted molar refractivity (Wildman–Crippen MR) is 65.0 cm³/mol. The first kappa shape index (κ1) is 12.4. The van der Waals surface area contributed by atoms with Crippen molar-refractivity contribution in [1.82, 2.24) is 10.3 Å². The summed E-state index contributed by atoms with van der Waals surface area (Å²) in [4.78, 5) is 25.0. The minimum atomic E-state index is -1.41. The van der Waals surface area contributed by atoms with Crippen LogP contribution in [-0.2, 0) is 11.3 Å². The number of hydrogen-bond donors (Lipinski definition) is 3. The summed E-state index contributed by atoms with van der Waals surface area (Å²) in [5, 5.41) is 12.1. The van der Waals surface area contributed by atoms with E-state index < -0.39 is 17.3 Å². The highest BCUT2D eigenvalue weighted by Gasteiger charge is 2.22. The van der Waals surface area contributed by atoms with Crippen LogP contribution in [0.1, 0.15) is 19.4 Å². The van der Waals surface area contributed by atoms with Crippen molar-refractivity contribution in [2.45, 2.75) is 26.0 Å². The van der Waals surface area contributed by atoms with Gasteiger partial charge in [-0.15, -0.1) is 0 Å². The Morgan fingerprint density at radius 2 is 2.22 bits per heavy atom. The molecule has 0 saturated heterocycles. The van der Waals surface area contributed by atoms with Gasteiger partial charge in [0.15, 0.2) is 5.58 Å². The third-order valence-electron chi connectivity index (χ3n) is 2.49. The van der Waals surface area contributed by atoms with Crippen LogP contribution in [0, 0.1) is 0 Å². The summed E-state index contributed by atoms with van der Waals surface area (Å²) in [6.07, 6.45) is 0. The number of fused-ring (bicyclic) bond motifs is 1. The Hall–Kier alpha value is -2.08. The molecule has 1 aromatic carbocycles. The number of nitrogens with one attached hydrogen (secondary N) is 2. The highest BCUT2D eigenvalue weighted by molar-refractivity contribution is 5.84. The molecule has 6 heteroatoms. The van der Waals surface area contributed by atoms with Crippen LogP contribution in [0.15, 0.2) is 27.4 Å². The van der Waals surface area contributed by atoms with Gasteiger partial charge in [0.2, 0.25) is 0 Å². The molecule has 18 heavy (non-hydrogen) atoms. The van der Waals surface area contributed by atoms with E-state index in [0.717, 1.165) is 5.56 Å². The Bertz CT molecular complexity index is 633. The molecular formula is C12H14N2O4. The minimum absolute atomic E-state index is 0.270. The zero-order valence-electron chi connectivity index (χ0n) is 10.1. The molecule has 1 amide bonds. The summed E-state index contributed by atoms with van der Waals surface area (Å²) in [5.41, 5.74) is 0.443. The maximum atomic E-state index is 11.5. The molecule has 0 radical (unpaired) electrons. The first-order valence-corrected chi connectivity index (χ1v) is 5.49. The second kappa shape index (κ2) is 4.30. The van der Waals surface area contributed by atoms with Gasteiger partial charge in [-0.3, -0.25) is 9.78 Å². The molecule has 1 aromatic heterocycles. The second-order valence-corrected chi connectivity index (χ2v) is 4.59. The summed E-state index contributed by atoms with van der Waals surface area (Å²) in [6.45, 7) is 3.10. The summed E-state index contributed by atoms with van der Waals surface area (Å²) < 4.78 is 4.86. The van der Waals surface area contributed by atoms with Gasteiger partial charge in [-0.05, 0) is 31.5 Å². The molecular weight excluding hydrogens is 236 g/mol. The molecule has 0 unspecified atom stereocenters. The van der Waals surface area contributed by atoms with Crippen molar-refractivity contribution in [1.29, 1.82) is 0 Å². The zero-order chi connectivity index (χ0) is 13.3. The third kappa shape index (κ3) is 2.60. The number of carbonyl (C=O) groups excluding carboxylic acids is 1. The summed E-state index contributed by atoms with van der Waals surface area (Å²) in [7, 11) is 0. The SMILES string of the molecule is CC(C)(O)C(=O)NCc1ccc2oc(=O)[nH]c2c1. The molecule has 0 aliphatic rings. The van der Waals surface area contributed by atoms with Crippen molar-refractivity contribution in [3.63, 3.8) is 0 Å². The Kier molecular flexibility index (Phi) is 2.96. The monoisotopic (exact) mass is 250 g/mol. The van der Waals surface area contributed by atoms with E-state index in [0.29, 0.717) is 11.1 Å². The lowest BCUT2D eigenvalue weighted by Gasteiger charge is -2.16. The summed E-state index contributed by atoms with van der Waals surface area (Å²) in [6, 6.07) is 5.10. The van der Waals surface area contributed by atoms with E-state index in [-0.39, 0.29) is 6.54 Å². The van der Waals surface area contributed by atoms with E-state index in [9.17, 15) is 14.7 Å². The van der Waals surface area contributed by atoms with Crippen LogP contribution in [0.5, 0.6) is 0 Å². The standard InChI is InChI=1S/C12H14N2O4/c1-12(2,17)10(15)13-6-7-3-4-9-8(5-7)14-11(16)18-9/h3-5,17H,6H2,1-2H3,(H,13,15)(H,14,16). The van der Waals surface area contributed by atoms with Crippen LogP contribution in [0.3, 0.4) is 0 Å². The number of aromatic amines is 1. The molecule has 96 valence electrons. The maximum Gasteiger partial charge on any atom is 0.417 e. The molecule has 0 aliphatic carbocycles. The van der Waals surface area contributed by atoms with Crippen molar-refractivity contribution < 1.29 is 14.3 Å². The Balaban J connectivity index is 2.13. The normalized spacial score (nSPS) is 11.7. The molecule has 0 atom stereocenters. The number of oxazole rings is 1. The van der Waals surface area contributed by atoms with Crippen LogP contribution in [0.25, 0.3) is 11.1 Å². The summed E-state index contributed by atoms with van der Waals surface area (Å²) >= 11 is 0. The molecule has 2 aromatic rings. The van der Waals surface area contributed by atoms with Crippen molar-refractivity contribution >= 4 is 17.0 Å². The lowest BCUT2D eigenvalue weighted by Crippen LogP contribution is -2.41. The molecule has 1 heterocycles. The van der Waals surface area contributed by atoms with Crippen molar-refractivity contribution in [3.8, 4) is 0 Å². The van der Waals surface area contributed by atoms with E-state index in [1.54, 1.807) is 18.2 Å². The first-order valence-electron chi connectivity index (χ1n) is 5.49. The smallest absolute Gasteiger partial charge is 0.408 e. The fraction of sp³-hybridized carbons (Fsp3) is 0.333. The van der Waals surface area contributed by atoms with Crippen LogP contribution in [-0.4, -0.2) is 21.6 Å². The summed E-state index contributed by atoms with van der Waals surface area (Å²) in [5.74, 6) is -0.967. The van der Waals surface area contributed by atoms with Gasteiger partial charge < -0.3 is 14.8 Å². The third-order valence-corrected chi connectivity index (χ3v) is 2.49. The van der Waals surface area contributed by atoms with Gasteiger partial charge in [-0.2, -0.15) is 0 Å². The molecule has 0 saturated carbocycles. The largest absolute Gasteiger partial charge is 0.417 e. The quantitative estimate of drug-likeness (QED) is 0.739. The molecule has 0 fully saturated rings. The van der Waals surface area contributed by atoms with E-state index in [4.69, 9.17) is 4.42 Å². The lowest BCUT2D eigenvalue weighted by atomic mass is 10.1. The van der Waals surface area contributed by atoms with Gasteiger partial charge in [-0.25, -0.2) is 4.79 Å². The van der Waals surface area contributed by atoms with Crippen LogP contribution >= 0.6 is 0 Å². The van der Waals surface area contributed by atoms with Gasteiger partial charge in [0, 0.05) is 6.54 Å². The number of aliphatic hydroxyl groups is 1. The number of rotatable bonds is 3. The highest BCUT2D eigenvalue weighted by atomic mass is 16.4. The zero-order valence-corrected chi connectivity index (χ0v) is 10.1. The second-order valence-electron chi connectivity index (χ2n) is 4.59. The van der Waals surface area contributed by atoms with Gasteiger partial charge in [0.25, 0.3) is 5.91 Å². The lowest BCUT2D eigenvalue weighted by molar-refractivity contribution is -0.136. The van der Waals surface area contributed by atoms with E-state index in [1.165, 1.54) is 13.8 Å². The van der Waals surface area contributed by atoms with Gasteiger partial charge in [0.1, 0.15) is 5.60 Å². The first-order chi connectivity index (χ1) is 8.36. The molecule has 6 nitrogen and oxygen atoms in total. The van der Waals surface area contributed by atoms with Crippen LogP contribution < -0.4 is 11.1 Å². The number of amides is 1. The Labute approximate surface area is 103 Å².